The van der Waals surface area contributed by atoms with Gasteiger partial charge in [-0.05, 0) is 12.1 Å². The molecule has 0 radical (unpaired) electrons. The van der Waals surface area contributed by atoms with E-state index in [2.05, 4.69) is 9.68 Å². The minimum Gasteiger partial charge on any atom is -0.493 e. The maximum Gasteiger partial charge on any atom is 0.375 e. The number of ether oxygens (including phenoxy) is 1. The first-order valence-electron chi connectivity index (χ1n) is 4.00. The predicted molar refractivity (Wildman–Crippen MR) is 52.5 cm³/mol. The molecule has 1 heterocycles. The Hall–Kier alpha value is -1.75. The summed E-state index contributed by atoms with van der Waals surface area (Å²) in [7, 11) is 1.43. The van der Waals surface area contributed by atoms with Gasteiger partial charge in [-0.1, -0.05) is 16.8 Å². The lowest BCUT2D eigenvalue weighted by Gasteiger charge is -2.01. The number of hydrogen-bond acceptors (Lipinski definition) is 4. The van der Waals surface area contributed by atoms with Crippen molar-refractivity contribution in [3.63, 3.8) is 0 Å². The van der Waals surface area contributed by atoms with Crippen molar-refractivity contribution in [1.82, 2.24) is 5.16 Å². The highest BCUT2D eigenvalue weighted by molar-refractivity contribution is 6.33. The van der Waals surface area contributed by atoms with Crippen LogP contribution in [0.25, 0.3) is 10.9 Å². The Kier molecular flexibility index (Phi) is 2.24. The Bertz CT molecular complexity index is 534. The minimum atomic E-state index is -1.18. The Balaban J connectivity index is 2.80. The second-order valence-corrected chi connectivity index (χ2v) is 3.20. The van der Waals surface area contributed by atoms with Gasteiger partial charge in [0.1, 0.15) is 0 Å². The van der Waals surface area contributed by atoms with Gasteiger partial charge < -0.3 is 14.4 Å². The maximum atomic E-state index is 10.8. The number of rotatable bonds is 2. The van der Waals surface area contributed by atoms with E-state index in [1.54, 1.807) is 0 Å². The largest absolute Gasteiger partial charge is 0.493 e. The summed E-state index contributed by atoms with van der Waals surface area (Å²) < 4.78 is 9.69. The van der Waals surface area contributed by atoms with Crippen molar-refractivity contribution in [2.45, 2.75) is 0 Å². The van der Waals surface area contributed by atoms with Crippen LogP contribution in [0.1, 0.15) is 10.6 Å². The summed E-state index contributed by atoms with van der Waals surface area (Å²) in [6, 6.07) is 3.06. The van der Waals surface area contributed by atoms with Crippen molar-refractivity contribution in [2.24, 2.45) is 0 Å². The second kappa shape index (κ2) is 3.43. The first-order valence-corrected chi connectivity index (χ1v) is 4.38. The Morgan fingerprint density at radius 2 is 2.33 bits per heavy atom. The molecular weight excluding hydrogens is 222 g/mol. The third-order valence-electron chi connectivity index (χ3n) is 1.95. The van der Waals surface area contributed by atoms with Crippen molar-refractivity contribution in [1.29, 1.82) is 0 Å². The Labute approximate surface area is 89.2 Å². The molecule has 1 aromatic heterocycles. The summed E-state index contributed by atoms with van der Waals surface area (Å²) in [6.07, 6.45) is 0. The standard InChI is InChI=1S/C9H6ClNO4/c1-14-8-5(10)3-2-4-6(8)11-15-7(4)9(12)13/h2-3H,1H3,(H,12,13). The molecule has 15 heavy (non-hydrogen) atoms. The first kappa shape index (κ1) is 9.79. The number of carboxylic acid groups (broad SMARTS) is 1. The number of halogens is 1. The minimum absolute atomic E-state index is 0.222. The van der Waals surface area contributed by atoms with Crippen LogP contribution in [0.4, 0.5) is 0 Å². The fourth-order valence-corrected chi connectivity index (χ4v) is 1.54. The molecule has 6 heteroatoms. The Morgan fingerprint density at radius 3 is 2.93 bits per heavy atom. The molecule has 1 aromatic carbocycles. The van der Waals surface area contributed by atoms with Crippen LogP contribution in [0.3, 0.4) is 0 Å². The third kappa shape index (κ3) is 1.41. The molecule has 0 aliphatic carbocycles. The molecule has 0 amide bonds. The number of methoxy groups -OCH3 is 1. The molecule has 5 nitrogen and oxygen atoms in total. The van der Waals surface area contributed by atoms with E-state index in [4.69, 9.17) is 21.4 Å². The van der Waals surface area contributed by atoms with Gasteiger partial charge in [0.15, 0.2) is 11.3 Å². The zero-order chi connectivity index (χ0) is 11.0. The molecule has 0 atom stereocenters. The molecule has 2 aromatic rings. The van der Waals surface area contributed by atoms with Gasteiger partial charge in [-0.25, -0.2) is 4.79 Å². The molecule has 78 valence electrons. The third-order valence-corrected chi connectivity index (χ3v) is 2.25. The van der Waals surface area contributed by atoms with Crippen LogP contribution in [0.2, 0.25) is 5.02 Å². The fourth-order valence-electron chi connectivity index (χ4n) is 1.31. The molecule has 0 aliphatic rings. The molecule has 0 unspecified atom stereocenters. The van der Waals surface area contributed by atoms with Crippen LogP contribution in [0.5, 0.6) is 5.75 Å². The van der Waals surface area contributed by atoms with Gasteiger partial charge in [0.05, 0.1) is 17.5 Å². The number of fused-ring (bicyclic) bond motifs is 1. The molecule has 0 aliphatic heterocycles. The summed E-state index contributed by atoms with van der Waals surface area (Å²) in [5, 5.41) is 13.1. The van der Waals surface area contributed by atoms with Crippen LogP contribution < -0.4 is 4.74 Å². The lowest BCUT2D eigenvalue weighted by Crippen LogP contribution is -1.93. The van der Waals surface area contributed by atoms with E-state index in [0.717, 1.165) is 0 Å². The van der Waals surface area contributed by atoms with Gasteiger partial charge in [-0.2, -0.15) is 0 Å². The summed E-state index contributed by atoms with van der Waals surface area (Å²) in [4.78, 5) is 10.8. The molecule has 0 saturated heterocycles. The molecule has 2 rings (SSSR count). The molecule has 0 saturated carbocycles. The van der Waals surface area contributed by atoms with Gasteiger partial charge in [0.25, 0.3) is 5.76 Å². The van der Waals surface area contributed by atoms with Crippen LogP contribution in [0, 0.1) is 0 Å². The number of carboxylic acids is 1. The zero-order valence-corrected chi connectivity index (χ0v) is 8.41. The summed E-state index contributed by atoms with van der Waals surface area (Å²) >= 11 is 5.84. The van der Waals surface area contributed by atoms with E-state index < -0.39 is 5.97 Å². The molecule has 0 spiro atoms. The van der Waals surface area contributed by atoms with Crippen molar-refractivity contribution in [3.8, 4) is 5.75 Å². The van der Waals surface area contributed by atoms with Gasteiger partial charge in [0.2, 0.25) is 0 Å². The Morgan fingerprint density at radius 1 is 1.60 bits per heavy atom. The van der Waals surface area contributed by atoms with E-state index in [0.29, 0.717) is 21.7 Å². The van der Waals surface area contributed by atoms with Crippen LogP contribution >= 0.6 is 11.6 Å². The van der Waals surface area contributed by atoms with Gasteiger partial charge in [0, 0.05) is 0 Å². The van der Waals surface area contributed by atoms with Crippen molar-refractivity contribution in [2.75, 3.05) is 7.11 Å². The SMILES string of the molecule is COc1c(Cl)ccc2c(C(=O)O)onc12. The zero-order valence-electron chi connectivity index (χ0n) is 7.65. The lowest BCUT2D eigenvalue weighted by molar-refractivity contribution is 0.0655. The van der Waals surface area contributed by atoms with Gasteiger partial charge in [-0.3, -0.25) is 0 Å². The highest BCUT2D eigenvalue weighted by atomic mass is 35.5. The van der Waals surface area contributed by atoms with Crippen molar-refractivity contribution < 1.29 is 19.2 Å². The quantitative estimate of drug-likeness (QED) is 0.851. The van der Waals surface area contributed by atoms with Crippen LogP contribution in [0.15, 0.2) is 16.7 Å². The molecule has 0 bridgehead atoms. The topological polar surface area (TPSA) is 72.6 Å². The van der Waals surface area contributed by atoms with Crippen LogP contribution in [-0.4, -0.2) is 23.3 Å². The van der Waals surface area contributed by atoms with Gasteiger partial charge >= 0.3 is 5.97 Å². The first-order chi connectivity index (χ1) is 7.15. The van der Waals surface area contributed by atoms with Crippen molar-refractivity contribution in [3.05, 3.63) is 22.9 Å². The van der Waals surface area contributed by atoms with E-state index in [9.17, 15) is 4.79 Å². The van der Waals surface area contributed by atoms with Gasteiger partial charge in [-0.15, -0.1) is 0 Å². The monoisotopic (exact) mass is 227 g/mol. The molecule has 1 N–H and O–H groups in total. The summed E-state index contributed by atoms with van der Waals surface area (Å²) in [6.45, 7) is 0. The van der Waals surface area contributed by atoms with E-state index in [1.807, 2.05) is 0 Å². The summed E-state index contributed by atoms with van der Waals surface area (Å²) in [5.41, 5.74) is 0.308. The number of aromatic nitrogens is 1. The average molecular weight is 228 g/mol. The summed E-state index contributed by atoms with van der Waals surface area (Å²) in [5.74, 6) is -1.09. The van der Waals surface area contributed by atoms with Crippen molar-refractivity contribution >= 4 is 28.5 Å². The number of nitrogens with zero attached hydrogens (tertiary/aromatic N) is 1. The number of benzene rings is 1. The number of carbonyl (C=O) groups is 1. The normalized spacial score (nSPS) is 10.5. The van der Waals surface area contributed by atoms with E-state index in [-0.39, 0.29) is 5.76 Å². The van der Waals surface area contributed by atoms with Crippen LogP contribution in [-0.2, 0) is 0 Å². The smallest absolute Gasteiger partial charge is 0.375 e. The molecular formula is C9H6ClNO4. The fraction of sp³-hybridized carbons (Fsp3) is 0.111. The number of aromatic carboxylic acids is 1. The molecule has 0 fully saturated rings. The highest BCUT2D eigenvalue weighted by Crippen LogP contribution is 2.33. The number of hydrogen-bond donors (Lipinski definition) is 1. The maximum absolute atomic E-state index is 10.8. The van der Waals surface area contributed by atoms with E-state index >= 15 is 0 Å². The average Bonchev–Trinajstić information content (AvgIpc) is 2.61. The predicted octanol–water partition coefficient (Wildman–Crippen LogP) is 2.19. The highest BCUT2D eigenvalue weighted by Gasteiger charge is 2.19. The lowest BCUT2D eigenvalue weighted by atomic mass is 10.2. The second-order valence-electron chi connectivity index (χ2n) is 2.79. The van der Waals surface area contributed by atoms with E-state index in [1.165, 1.54) is 19.2 Å².